The molecule has 0 saturated heterocycles. The van der Waals surface area contributed by atoms with E-state index in [4.69, 9.17) is 0 Å². The molecule has 58 valence electrons. The highest BCUT2D eigenvalue weighted by Crippen LogP contribution is 2.41. The van der Waals surface area contributed by atoms with E-state index in [0.717, 1.165) is 5.69 Å². The molecule has 0 aliphatic heterocycles. The van der Waals surface area contributed by atoms with Gasteiger partial charge < -0.3 is 5.32 Å². The Morgan fingerprint density at radius 1 is 1.55 bits per heavy atom. The molecule has 0 amide bonds. The van der Waals surface area contributed by atoms with Crippen LogP contribution in [0, 0.1) is 0 Å². The molecule has 0 atom stereocenters. The zero-order valence-corrected chi connectivity index (χ0v) is 6.54. The van der Waals surface area contributed by atoms with E-state index < -0.39 is 0 Å². The van der Waals surface area contributed by atoms with Crippen LogP contribution in [0.4, 0.5) is 5.69 Å². The Morgan fingerprint density at radius 2 is 2.36 bits per heavy atom. The van der Waals surface area contributed by atoms with Gasteiger partial charge >= 0.3 is 0 Å². The van der Waals surface area contributed by atoms with Crippen molar-refractivity contribution in [2.45, 2.75) is 18.8 Å². The van der Waals surface area contributed by atoms with E-state index in [1.807, 2.05) is 13.2 Å². The van der Waals surface area contributed by atoms with Crippen molar-refractivity contribution in [2.24, 2.45) is 0 Å². The molecule has 1 fully saturated rings. The van der Waals surface area contributed by atoms with Crippen LogP contribution in [-0.4, -0.2) is 17.0 Å². The second-order valence-corrected chi connectivity index (χ2v) is 2.85. The molecule has 1 aromatic rings. The molecule has 1 aliphatic carbocycles. The SMILES string of the molecule is CNc1cncnc1C1CC1. The van der Waals surface area contributed by atoms with Crippen LogP contribution in [0.5, 0.6) is 0 Å². The fourth-order valence-electron chi connectivity index (χ4n) is 1.21. The molecular weight excluding hydrogens is 138 g/mol. The number of anilines is 1. The minimum absolute atomic E-state index is 0.695. The zero-order valence-electron chi connectivity index (χ0n) is 6.54. The summed E-state index contributed by atoms with van der Waals surface area (Å²) >= 11 is 0. The lowest BCUT2D eigenvalue weighted by atomic mass is 10.2. The van der Waals surface area contributed by atoms with E-state index in [0.29, 0.717) is 5.92 Å². The minimum atomic E-state index is 0.695. The maximum atomic E-state index is 4.24. The van der Waals surface area contributed by atoms with E-state index in [1.54, 1.807) is 6.33 Å². The molecule has 1 heterocycles. The second kappa shape index (κ2) is 2.49. The van der Waals surface area contributed by atoms with Crippen molar-refractivity contribution in [1.29, 1.82) is 0 Å². The van der Waals surface area contributed by atoms with Crippen LogP contribution in [0.15, 0.2) is 12.5 Å². The third kappa shape index (κ3) is 1.18. The van der Waals surface area contributed by atoms with E-state index in [1.165, 1.54) is 18.5 Å². The van der Waals surface area contributed by atoms with Gasteiger partial charge in [-0.15, -0.1) is 0 Å². The molecule has 0 radical (unpaired) electrons. The first-order chi connectivity index (χ1) is 5.42. The Labute approximate surface area is 65.9 Å². The van der Waals surface area contributed by atoms with Crippen molar-refractivity contribution in [2.75, 3.05) is 12.4 Å². The first kappa shape index (κ1) is 6.58. The summed E-state index contributed by atoms with van der Waals surface area (Å²) < 4.78 is 0. The van der Waals surface area contributed by atoms with Gasteiger partial charge in [-0.3, -0.25) is 0 Å². The summed E-state index contributed by atoms with van der Waals surface area (Å²) in [5.41, 5.74) is 2.26. The molecule has 0 bridgehead atoms. The number of rotatable bonds is 2. The summed E-state index contributed by atoms with van der Waals surface area (Å²) in [6.07, 6.45) is 6.02. The largest absolute Gasteiger partial charge is 0.385 e. The monoisotopic (exact) mass is 149 g/mol. The Kier molecular flexibility index (Phi) is 1.49. The second-order valence-electron chi connectivity index (χ2n) is 2.85. The van der Waals surface area contributed by atoms with Crippen LogP contribution >= 0.6 is 0 Å². The smallest absolute Gasteiger partial charge is 0.115 e. The van der Waals surface area contributed by atoms with Gasteiger partial charge in [0.05, 0.1) is 17.6 Å². The van der Waals surface area contributed by atoms with Gasteiger partial charge in [0.15, 0.2) is 0 Å². The molecule has 1 N–H and O–H groups in total. The fraction of sp³-hybridized carbons (Fsp3) is 0.500. The Hall–Kier alpha value is -1.12. The van der Waals surface area contributed by atoms with E-state index in [9.17, 15) is 0 Å². The van der Waals surface area contributed by atoms with E-state index in [2.05, 4.69) is 15.3 Å². The Balaban J connectivity index is 2.34. The maximum absolute atomic E-state index is 4.24. The summed E-state index contributed by atoms with van der Waals surface area (Å²) in [6.45, 7) is 0. The first-order valence-electron chi connectivity index (χ1n) is 3.89. The lowest BCUT2D eigenvalue weighted by Crippen LogP contribution is -1.97. The highest BCUT2D eigenvalue weighted by atomic mass is 14.9. The van der Waals surface area contributed by atoms with Gasteiger partial charge in [0.1, 0.15) is 6.33 Å². The van der Waals surface area contributed by atoms with E-state index in [-0.39, 0.29) is 0 Å². The highest BCUT2D eigenvalue weighted by Gasteiger charge is 2.27. The summed E-state index contributed by atoms with van der Waals surface area (Å²) in [5.74, 6) is 0.695. The molecule has 0 spiro atoms. The predicted octanol–water partition coefficient (Wildman–Crippen LogP) is 1.40. The average molecular weight is 149 g/mol. The Bertz CT molecular complexity index is 255. The lowest BCUT2D eigenvalue weighted by molar-refractivity contribution is 0.988. The van der Waals surface area contributed by atoms with Crippen LogP contribution in [-0.2, 0) is 0 Å². The molecule has 0 aromatic carbocycles. The molecule has 2 rings (SSSR count). The summed E-state index contributed by atoms with van der Waals surface area (Å²) in [4.78, 5) is 8.19. The van der Waals surface area contributed by atoms with Crippen LogP contribution in [0.2, 0.25) is 0 Å². The topological polar surface area (TPSA) is 37.8 Å². The van der Waals surface area contributed by atoms with Gasteiger partial charge in [-0.25, -0.2) is 9.97 Å². The van der Waals surface area contributed by atoms with Gasteiger partial charge in [-0.2, -0.15) is 0 Å². The summed E-state index contributed by atoms with van der Waals surface area (Å²) in [7, 11) is 1.91. The van der Waals surface area contributed by atoms with Gasteiger partial charge in [0, 0.05) is 13.0 Å². The Morgan fingerprint density at radius 3 is 3.00 bits per heavy atom. The lowest BCUT2D eigenvalue weighted by Gasteiger charge is -2.03. The first-order valence-corrected chi connectivity index (χ1v) is 3.89. The zero-order chi connectivity index (χ0) is 7.68. The molecule has 1 aliphatic rings. The van der Waals surface area contributed by atoms with Crippen LogP contribution < -0.4 is 5.32 Å². The van der Waals surface area contributed by atoms with Crippen molar-refractivity contribution in [1.82, 2.24) is 9.97 Å². The number of hydrogen-bond donors (Lipinski definition) is 1. The van der Waals surface area contributed by atoms with Gasteiger partial charge in [0.25, 0.3) is 0 Å². The van der Waals surface area contributed by atoms with E-state index >= 15 is 0 Å². The quantitative estimate of drug-likeness (QED) is 0.690. The average Bonchev–Trinajstić information content (AvgIpc) is 2.87. The molecular formula is C8H11N3. The number of aromatic nitrogens is 2. The summed E-state index contributed by atoms with van der Waals surface area (Å²) in [6, 6.07) is 0. The number of hydrogen-bond acceptors (Lipinski definition) is 3. The van der Waals surface area contributed by atoms with Gasteiger partial charge in [0.2, 0.25) is 0 Å². The van der Waals surface area contributed by atoms with Crippen LogP contribution in [0.3, 0.4) is 0 Å². The van der Waals surface area contributed by atoms with Crippen LogP contribution in [0.25, 0.3) is 0 Å². The molecule has 3 heteroatoms. The minimum Gasteiger partial charge on any atom is -0.385 e. The van der Waals surface area contributed by atoms with Gasteiger partial charge in [-0.05, 0) is 12.8 Å². The van der Waals surface area contributed by atoms with Crippen molar-refractivity contribution in [3.63, 3.8) is 0 Å². The molecule has 11 heavy (non-hydrogen) atoms. The van der Waals surface area contributed by atoms with Crippen molar-refractivity contribution in [3.05, 3.63) is 18.2 Å². The third-order valence-electron chi connectivity index (χ3n) is 1.98. The number of nitrogens with one attached hydrogen (secondary N) is 1. The normalized spacial score (nSPS) is 16.5. The predicted molar refractivity (Wildman–Crippen MR) is 43.6 cm³/mol. The summed E-state index contributed by atoms with van der Waals surface area (Å²) in [5, 5.41) is 3.09. The van der Waals surface area contributed by atoms with Crippen molar-refractivity contribution < 1.29 is 0 Å². The molecule has 1 saturated carbocycles. The van der Waals surface area contributed by atoms with Gasteiger partial charge in [-0.1, -0.05) is 0 Å². The van der Waals surface area contributed by atoms with Crippen LogP contribution in [0.1, 0.15) is 24.5 Å². The standard InChI is InChI=1S/C8H11N3/c1-9-7-4-10-5-11-8(7)6-2-3-6/h4-6,9H,2-3H2,1H3. The fourth-order valence-corrected chi connectivity index (χ4v) is 1.21. The third-order valence-corrected chi connectivity index (χ3v) is 1.98. The molecule has 3 nitrogen and oxygen atoms in total. The van der Waals surface area contributed by atoms with Crippen molar-refractivity contribution in [3.8, 4) is 0 Å². The van der Waals surface area contributed by atoms with Crippen molar-refractivity contribution >= 4 is 5.69 Å². The molecule has 1 aromatic heterocycles. The number of nitrogens with zero attached hydrogens (tertiary/aromatic N) is 2. The molecule has 0 unspecified atom stereocenters. The highest BCUT2D eigenvalue weighted by molar-refractivity contribution is 5.47. The maximum Gasteiger partial charge on any atom is 0.115 e.